The van der Waals surface area contributed by atoms with Crippen LogP contribution in [0.25, 0.3) is 6.08 Å². The van der Waals surface area contributed by atoms with E-state index in [9.17, 15) is 24.3 Å². The SMILES string of the molecule is CCCCCC1(CCCCC)O[C@@H]2[C@H]3ON(Cc4cccc(C=CC(=O)O[C@H]5C(=O)OCC5(C)C)c4)[C@H]4C(=O)OC(CC34C(=O)N(C)[C@H](Cc3ccccc3)C(=O)NCCO)[C@@H]2O1. The second-order valence-corrected chi connectivity index (χ2v) is 18.3. The highest BCUT2D eigenvalue weighted by Crippen LogP contribution is 2.58. The molecule has 2 N–H and O–H groups in total. The van der Waals surface area contributed by atoms with Crippen LogP contribution in [-0.2, 0) is 65.5 Å². The van der Waals surface area contributed by atoms with Gasteiger partial charge in [0.25, 0.3) is 0 Å². The molecule has 8 atom stereocenters. The second-order valence-electron chi connectivity index (χ2n) is 18.3. The van der Waals surface area contributed by atoms with Crippen molar-refractivity contribution >= 4 is 35.8 Å². The van der Waals surface area contributed by atoms with Gasteiger partial charge in [0.05, 0.1) is 13.2 Å². The van der Waals surface area contributed by atoms with E-state index in [0.717, 1.165) is 44.1 Å². The van der Waals surface area contributed by atoms with Crippen molar-refractivity contribution in [3.8, 4) is 0 Å². The lowest BCUT2D eigenvalue weighted by atomic mass is 9.62. The number of cyclic esters (lactones) is 1. The van der Waals surface area contributed by atoms with Gasteiger partial charge in [-0.25, -0.2) is 9.59 Å². The van der Waals surface area contributed by atoms with Crippen molar-refractivity contribution < 1.29 is 57.6 Å². The van der Waals surface area contributed by atoms with Crippen molar-refractivity contribution in [1.82, 2.24) is 15.3 Å². The predicted molar refractivity (Wildman–Crippen MR) is 229 cm³/mol. The molecule has 0 spiro atoms. The number of rotatable bonds is 20. The highest BCUT2D eigenvalue weighted by molar-refractivity contribution is 5.96. The van der Waals surface area contributed by atoms with Crippen LogP contribution in [0.2, 0.25) is 0 Å². The minimum atomic E-state index is -1.54. The monoisotopic (exact) mass is 873 g/mol. The molecule has 1 aliphatic carbocycles. The van der Waals surface area contributed by atoms with Crippen LogP contribution in [0.4, 0.5) is 0 Å². The highest BCUT2D eigenvalue weighted by atomic mass is 16.8. The molecule has 0 radical (unpaired) electrons. The van der Waals surface area contributed by atoms with Gasteiger partial charge in [-0.2, -0.15) is 5.06 Å². The van der Waals surface area contributed by atoms with Gasteiger partial charge >= 0.3 is 17.9 Å². The molecule has 2 unspecified atom stereocenters. The average molecular weight is 874 g/mol. The molecule has 1 saturated carbocycles. The van der Waals surface area contributed by atoms with Crippen LogP contribution in [0.3, 0.4) is 0 Å². The quantitative estimate of drug-likeness (QED) is 0.0802. The molecule has 15 heteroatoms. The summed E-state index contributed by atoms with van der Waals surface area (Å²) in [5.74, 6) is -3.77. The van der Waals surface area contributed by atoms with E-state index in [-0.39, 0.29) is 39.1 Å². The lowest BCUT2D eigenvalue weighted by Gasteiger charge is -2.50. The van der Waals surface area contributed by atoms with Crippen LogP contribution < -0.4 is 5.32 Å². The van der Waals surface area contributed by atoms with E-state index < -0.39 is 88.9 Å². The summed E-state index contributed by atoms with van der Waals surface area (Å²) in [6.45, 7) is 7.79. The topological polar surface area (TPSA) is 179 Å². The van der Waals surface area contributed by atoms with Gasteiger partial charge in [0.15, 0.2) is 11.8 Å². The maximum atomic E-state index is 15.6. The molecule has 15 nitrogen and oxygen atoms in total. The average Bonchev–Trinajstić information content (AvgIpc) is 3.91. The third kappa shape index (κ3) is 9.58. The summed E-state index contributed by atoms with van der Waals surface area (Å²) in [6.07, 6.45) is 5.84. The number of nitrogens with one attached hydrogen (secondary N) is 1. The Morgan fingerprint density at radius 1 is 0.952 bits per heavy atom. The van der Waals surface area contributed by atoms with Crippen molar-refractivity contribution in [2.45, 2.75) is 147 Å². The van der Waals surface area contributed by atoms with Gasteiger partial charge in [0, 0.05) is 50.8 Å². The smallest absolute Gasteiger partial charge is 0.348 e. The molecule has 2 bridgehead atoms. The van der Waals surface area contributed by atoms with E-state index in [0.29, 0.717) is 24.0 Å². The summed E-state index contributed by atoms with van der Waals surface area (Å²) in [4.78, 5) is 77.4. The number of likely N-dealkylation sites (N-methyl/N-ethyl adjacent to an activating group) is 1. The van der Waals surface area contributed by atoms with Gasteiger partial charge in [-0.15, -0.1) is 0 Å². The Morgan fingerprint density at radius 2 is 1.65 bits per heavy atom. The molecular formula is C48H63N3O12. The van der Waals surface area contributed by atoms with Gasteiger partial charge in [-0.05, 0) is 35.6 Å². The fourth-order valence-corrected chi connectivity index (χ4v) is 9.92. The molecule has 5 fully saturated rings. The lowest BCUT2D eigenvalue weighted by Crippen LogP contribution is -2.70. The number of aliphatic hydroxyl groups is 1. The standard InChI is InChI=1S/C48H63N3O12/c1-6-8-13-22-47(23-14-9-7-2)61-37-35-28-48(45(57)50(5)34(42(54)49-24-25-52)27-31-16-11-10-12-17-31)39(43(55)59-35)51(63-40(48)38(37)62-47)29-33-19-15-18-32(26-33)20-21-36(53)60-41-44(56)58-30-46(41,3)4/h10-12,15-21,26,34-35,37-41,52H,6-9,13-14,22-25,27-30H2,1-5H3,(H,49,54)/t34-,35?,37+,38+,39+,40-,41+,48?/m1/s1. The molecular weight excluding hydrogens is 811 g/mol. The summed E-state index contributed by atoms with van der Waals surface area (Å²) in [7, 11) is 1.58. The number of benzene rings is 2. The summed E-state index contributed by atoms with van der Waals surface area (Å²) in [5, 5.41) is 13.9. The zero-order valence-electron chi connectivity index (χ0n) is 37.1. The van der Waals surface area contributed by atoms with Crippen molar-refractivity contribution in [2.24, 2.45) is 10.8 Å². The molecule has 2 aromatic rings. The Kier molecular flexibility index (Phi) is 14.4. The van der Waals surface area contributed by atoms with E-state index >= 15 is 4.79 Å². The molecule has 0 aromatic heterocycles. The van der Waals surface area contributed by atoms with Gasteiger partial charge in [-0.1, -0.05) is 108 Å². The number of carbonyl (C=O) groups is 5. The maximum Gasteiger partial charge on any atom is 0.348 e. The number of amides is 2. The first-order chi connectivity index (χ1) is 30.3. The Bertz CT molecular complexity index is 2000. The van der Waals surface area contributed by atoms with Crippen LogP contribution in [0.1, 0.15) is 102 Å². The number of unbranched alkanes of at least 4 members (excludes halogenated alkanes) is 4. The number of hydrogen-bond acceptors (Lipinski definition) is 13. The van der Waals surface area contributed by atoms with Crippen molar-refractivity contribution in [2.75, 3.05) is 26.8 Å². The molecule has 2 aromatic carbocycles. The van der Waals surface area contributed by atoms with Gasteiger partial charge in [0.2, 0.25) is 17.9 Å². The predicted octanol–water partition coefficient (Wildman–Crippen LogP) is 4.81. The van der Waals surface area contributed by atoms with Gasteiger partial charge in [-0.3, -0.25) is 19.2 Å². The van der Waals surface area contributed by atoms with E-state index in [4.69, 9.17) is 28.5 Å². The van der Waals surface area contributed by atoms with E-state index in [1.165, 1.54) is 16.0 Å². The number of nitrogens with zero attached hydrogens (tertiary/aromatic N) is 2. The molecule has 63 heavy (non-hydrogen) atoms. The Morgan fingerprint density at radius 3 is 2.32 bits per heavy atom. The molecule has 4 heterocycles. The first kappa shape index (κ1) is 46.3. The van der Waals surface area contributed by atoms with Crippen molar-refractivity contribution in [3.63, 3.8) is 0 Å². The van der Waals surface area contributed by atoms with E-state index in [1.54, 1.807) is 39.1 Å². The Labute approximate surface area is 369 Å². The van der Waals surface area contributed by atoms with Crippen LogP contribution in [-0.4, -0.2) is 120 Å². The van der Waals surface area contributed by atoms with Gasteiger partial charge in [0.1, 0.15) is 42.5 Å². The number of ether oxygens (including phenoxy) is 5. The minimum absolute atomic E-state index is 0.00365. The number of fused-ring (bicyclic) bond motifs is 4. The number of esters is 3. The minimum Gasteiger partial charge on any atom is -0.462 e. The van der Waals surface area contributed by atoms with Crippen LogP contribution >= 0.6 is 0 Å². The molecule has 2 amide bonds. The molecule has 4 aliphatic heterocycles. The van der Waals surface area contributed by atoms with Crippen molar-refractivity contribution in [1.29, 1.82) is 0 Å². The van der Waals surface area contributed by atoms with Crippen LogP contribution in [0.5, 0.6) is 0 Å². The lowest BCUT2D eigenvalue weighted by molar-refractivity contribution is -0.225. The fourth-order valence-electron chi connectivity index (χ4n) is 9.92. The first-order valence-electron chi connectivity index (χ1n) is 22.6. The number of aliphatic hydroxyl groups excluding tert-OH is 1. The van der Waals surface area contributed by atoms with Crippen LogP contribution in [0, 0.1) is 10.8 Å². The summed E-state index contributed by atoms with van der Waals surface area (Å²) in [6, 6.07) is 14.4. The fraction of sp³-hybridized carbons (Fsp3) is 0.604. The number of hydrogen-bond donors (Lipinski definition) is 2. The normalized spacial score (nSPS) is 28.3. The third-order valence-electron chi connectivity index (χ3n) is 13.2. The summed E-state index contributed by atoms with van der Waals surface area (Å²) < 4.78 is 30.8. The second kappa shape index (κ2) is 19.6. The maximum absolute atomic E-state index is 15.6. The molecule has 342 valence electrons. The molecule has 7 rings (SSSR count). The number of carbonyl (C=O) groups excluding carboxylic acids is 5. The zero-order chi connectivity index (χ0) is 44.9. The largest absolute Gasteiger partial charge is 0.462 e. The molecule has 4 saturated heterocycles. The number of hydroxylamine groups is 2. The van der Waals surface area contributed by atoms with Gasteiger partial charge < -0.3 is 39.0 Å². The van der Waals surface area contributed by atoms with E-state index in [1.807, 2.05) is 42.5 Å². The molecule has 5 aliphatic rings. The third-order valence-corrected chi connectivity index (χ3v) is 13.2. The zero-order valence-corrected chi connectivity index (χ0v) is 37.1. The first-order valence-corrected chi connectivity index (χ1v) is 22.6. The summed E-state index contributed by atoms with van der Waals surface area (Å²) in [5.41, 5.74) is -0.0229. The Balaban J connectivity index is 1.22. The summed E-state index contributed by atoms with van der Waals surface area (Å²) >= 11 is 0. The van der Waals surface area contributed by atoms with Crippen molar-refractivity contribution in [3.05, 3.63) is 77.4 Å². The van der Waals surface area contributed by atoms with E-state index in [2.05, 4.69) is 19.2 Å². The van der Waals surface area contributed by atoms with Crippen LogP contribution in [0.15, 0.2) is 60.7 Å². The highest BCUT2D eigenvalue weighted by Gasteiger charge is 2.76. The Hall–Kier alpha value is -4.67.